The summed E-state index contributed by atoms with van der Waals surface area (Å²) in [4.78, 5) is 27.9. The highest BCUT2D eigenvalue weighted by Gasteiger charge is 2.31. The molecule has 1 aromatic rings. The molecule has 0 aromatic carbocycles. The smallest absolute Gasteiger partial charge is 0.235 e. The van der Waals surface area contributed by atoms with Gasteiger partial charge in [-0.15, -0.1) is 0 Å². The number of imide groups is 1. The van der Waals surface area contributed by atoms with Crippen LogP contribution in [0.4, 0.5) is 11.6 Å². The standard InChI is InChI=1S/C9H10N4O2/c10-12-6-2-1-3-7(11-6)13-8(14)4-5-9(13)15/h1-3H,4-5,10H2,(H,11,12). The minimum absolute atomic E-state index is 0.221. The van der Waals surface area contributed by atoms with E-state index in [0.717, 1.165) is 4.90 Å². The molecule has 1 aromatic heterocycles. The van der Waals surface area contributed by atoms with Crippen molar-refractivity contribution in [2.24, 2.45) is 5.84 Å². The molecule has 2 heterocycles. The molecule has 0 atom stereocenters. The lowest BCUT2D eigenvalue weighted by molar-refractivity contribution is -0.121. The van der Waals surface area contributed by atoms with Gasteiger partial charge in [0.1, 0.15) is 11.6 Å². The monoisotopic (exact) mass is 206 g/mol. The van der Waals surface area contributed by atoms with Gasteiger partial charge in [-0.3, -0.25) is 9.59 Å². The number of hydrazine groups is 1. The van der Waals surface area contributed by atoms with Crippen molar-refractivity contribution in [3.8, 4) is 0 Å². The first kappa shape index (κ1) is 9.60. The lowest BCUT2D eigenvalue weighted by Gasteiger charge is -2.12. The largest absolute Gasteiger partial charge is 0.308 e. The van der Waals surface area contributed by atoms with Crippen molar-refractivity contribution in [2.45, 2.75) is 12.8 Å². The van der Waals surface area contributed by atoms with E-state index in [2.05, 4.69) is 10.4 Å². The normalized spacial score (nSPS) is 15.9. The molecule has 6 nitrogen and oxygen atoms in total. The highest BCUT2D eigenvalue weighted by Crippen LogP contribution is 2.21. The first-order valence-corrected chi connectivity index (χ1v) is 4.52. The molecule has 6 heteroatoms. The van der Waals surface area contributed by atoms with Gasteiger partial charge in [-0.1, -0.05) is 6.07 Å². The second-order valence-corrected chi connectivity index (χ2v) is 3.15. The van der Waals surface area contributed by atoms with Crippen molar-refractivity contribution >= 4 is 23.5 Å². The van der Waals surface area contributed by atoms with Gasteiger partial charge in [-0.05, 0) is 12.1 Å². The van der Waals surface area contributed by atoms with Crippen LogP contribution in [0.15, 0.2) is 18.2 Å². The van der Waals surface area contributed by atoms with E-state index in [0.29, 0.717) is 11.6 Å². The zero-order valence-corrected chi connectivity index (χ0v) is 7.93. The number of nitrogens with two attached hydrogens (primary N) is 1. The first-order valence-electron chi connectivity index (χ1n) is 4.52. The first-order chi connectivity index (χ1) is 7.22. The number of anilines is 2. The third kappa shape index (κ3) is 1.66. The number of amides is 2. The van der Waals surface area contributed by atoms with E-state index in [-0.39, 0.29) is 24.7 Å². The predicted molar refractivity (Wildman–Crippen MR) is 53.8 cm³/mol. The summed E-state index contributed by atoms with van der Waals surface area (Å²) in [5.41, 5.74) is 2.36. The Morgan fingerprint density at radius 3 is 2.53 bits per heavy atom. The van der Waals surface area contributed by atoms with Crippen LogP contribution in [-0.2, 0) is 9.59 Å². The third-order valence-electron chi connectivity index (χ3n) is 2.16. The van der Waals surface area contributed by atoms with Crippen LogP contribution in [0.1, 0.15) is 12.8 Å². The van der Waals surface area contributed by atoms with Gasteiger partial charge in [0.05, 0.1) is 0 Å². The van der Waals surface area contributed by atoms with Gasteiger partial charge in [0.25, 0.3) is 0 Å². The maximum absolute atomic E-state index is 11.4. The van der Waals surface area contributed by atoms with Crippen molar-refractivity contribution in [3.05, 3.63) is 18.2 Å². The van der Waals surface area contributed by atoms with Gasteiger partial charge in [-0.2, -0.15) is 0 Å². The number of pyridine rings is 1. The zero-order chi connectivity index (χ0) is 10.8. The van der Waals surface area contributed by atoms with Crippen molar-refractivity contribution in [1.29, 1.82) is 0 Å². The Balaban J connectivity index is 2.36. The average Bonchev–Trinajstić information content (AvgIpc) is 2.59. The van der Waals surface area contributed by atoms with Crippen LogP contribution >= 0.6 is 0 Å². The Labute approximate surface area is 86.0 Å². The van der Waals surface area contributed by atoms with E-state index in [1.807, 2.05) is 0 Å². The molecular formula is C9H10N4O2. The molecular weight excluding hydrogens is 196 g/mol. The number of nitrogens with zero attached hydrogens (tertiary/aromatic N) is 2. The molecule has 15 heavy (non-hydrogen) atoms. The van der Waals surface area contributed by atoms with Crippen molar-refractivity contribution in [3.63, 3.8) is 0 Å². The molecule has 0 bridgehead atoms. The van der Waals surface area contributed by atoms with E-state index in [9.17, 15) is 9.59 Å². The van der Waals surface area contributed by atoms with Crippen LogP contribution in [0.25, 0.3) is 0 Å². The van der Waals surface area contributed by atoms with Gasteiger partial charge in [-0.25, -0.2) is 15.7 Å². The molecule has 0 radical (unpaired) electrons. The Morgan fingerprint density at radius 2 is 1.93 bits per heavy atom. The summed E-state index contributed by atoms with van der Waals surface area (Å²) in [6.07, 6.45) is 0.502. The second kappa shape index (κ2) is 3.66. The summed E-state index contributed by atoms with van der Waals surface area (Å²) in [6.45, 7) is 0. The van der Waals surface area contributed by atoms with Crippen LogP contribution in [0.3, 0.4) is 0 Å². The number of carbonyl (C=O) groups excluding carboxylic acids is 2. The van der Waals surface area contributed by atoms with Gasteiger partial charge in [0.2, 0.25) is 11.8 Å². The number of nitrogen functional groups attached to an aromatic ring is 1. The van der Waals surface area contributed by atoms with E-state index in [4.69, 9.17) is 5.84 Å². The highest BCUT2D eigenvalue weighted by molar-refractivity contribution is 6.19. The van der Waals surface area contributed by atoms with Gasteiger partial charge >= 0.3 is 0 Å². The second-order valence-electron chi connectivity index (χ2n) is 3.15. The summed E-state index contributed by atoms with van der Waals surface area (Å²) in [7, 11) is 0. The Kier molecular flexibility index (Phi) is 2.34. The lowest BCUT2D eigenvalue weighted by Crippen LogP contribution is -2.29. The molecule has 1 saturated heterocycles. The Morgan fingerprint density at radius 1 is 1.27 bits per heavy atom. The molecule has 0 saturated carbocycles. The molecule has 0 spiro atoms. The molecule has 0 unspecified atom stereocenters. The quantitative estimate of drug-likeness (QED) is 0.404. The van der Waals surface area contributed by atoms with E-state index >= 15 is 0 Å². The molecule has 1 fully saturated rings. The zero-order valence-electron chi connectivity index (χ0n) is 7.93. The number of aromatic nitrogens is 1. The molecule has 2 amide bonds. The fourth-order valence-corrected chi connectivity index (χ4v) is 1.46. The predicted octanol–water partition coefficient (Wildman–Crippen LogP) is 0.0206. The van der Waals surface area contributed by atoms with Crippen LogP contribution < -0.4 is 16.2 Å². The van der Waals surface area contributed by atoms with Crippen LogP contribution in [0.2, 0.25) is 0 Å². The van der Waals surface area contributed by atoms with Gasteiger partial charge in [0.15, 0.2) is 0 Å². The van der Waals surface area contributed by atoms with Crippen LogP contribution in [0, 0.1) is 0 Å². The molecule has 3 N–H and O–H groups in total. The average molecular weight is 206 g/mol. The van der Waals surface area contributed by atoms with Gasteiger partial charge in [0, 0.05) is 12.8 Å². The summed E-state index contributed by atoms with van der Waals surface area (Å²) in [6, 6.07) is 4.92. The van der Waals surface area contributed by atoms with E-state index in [1.54, 1.807) is 18.2 Å². The number of nitrogens with one attached hydrogen (secondary N) is 1. The maximum Gasteiger partial charge on any atom is 0.235 e. The summed E-state index contributed by atoms with van der Waals surface area (Å²) >= 11 is 0. The highest BCUT2D eigenvalue weighted by atomic mass is 16.2. The van der Waals surface area contributed by atoms with Crippen LogP contribution in [-0.4, -0.2) is 16.8 Å². The number of hydrogen-bond acceptors (Lipinski definition) is 5. The summed E-state index contributed by atoms with van der Waals surface area (Å²) < 4.78 is 0. The minimum atomic E-state index is -0.221. The topological polar surface area (TPSA) is 88.3 Å². The Hall–Kier alpha value is -1.95. The van der Waals surface area contributed by atoms with Crippen LogP contribution in [0.5, 0.6) is 0 Å². The van der Waals surface area contributed by atoms with Crippen molar-refractivity contribution in [2.75, 3.05) is 10.3 Å². The van der Waals surface area contributed by atoms with E-state index in [1.165, 1.54) is 0 Å². The molecule has 2 rings (SSSR count). The third-order valence-corrected chi connectivity index (χ3v) is 2.16. The molecule has 78 valence electrons. The van der Waals surface area contributed by atoms with E-state index < -0.39 is 0 Å². The maximum atomic E-state index is 11.4. The van der Waals surface area contributed by atoms with Gasteiger partial charge < -0.3 is 5.43 Å². The number of rotatable bonds is 2. The Bertz CT molecular complexity index is 402. The lowest BCUT2D eigenvalue weighted by atomic mass is 10.4. The molecule has 1 aliphatic heterocycles. The summed E-state index contributed by atoms with van der Waals surface area (Å²) in [5.74, 6) is 5.48. The molecule has 0 aliphatic carbocycles. The van der Waals surface area contributed by atoms with Crippen molar-refractivity contribution < 1.29 is 9.59 Å². The SMILES string of the molecule is NNc1cccc(N2C(=O)CCC2=O)n1. The summed E-state index contributed by atoms with van der Waals surface area (Å²) in [5, 5.41) is 0. The van der Waals surface area contributed by atoms with Crippen molar-refractivity contribution in [1.82, 2.24) is 4.98 Å². The fraction of sp³-hybridized carbons (Fsp3) is 0.222. The minimum Gasteiger partial charge on any atom is -0.308 e. The number of carbonyl (C=O) groups is 2. The number of hydrogen-bond donors (Lipinski definition) is 2. The molecule has 1 aliphatic rings. The fourth-order valence-electron chi connectivity index (χ4n) is 1.46.